The molecule has 3 heteroatoms. The molecule has 1 N–H and O–H groups in total. The van der Waals surface area contributed by atoms with Gasteiger partial charge in [0.25, 0.3) is 0 Å². The minimum absolute atomic E-state index is 0.181. The summed E-state index contributed by atoms with van der Waals surface area (Å²) in [6.45, 7) is 1.64. The van der Waals surface area contributed by atoms with Crippen molar-refractivity contribution >= 4 is 10.9 Å². The predicted molar refractivity (Wildman–Crippen MR) is 85.1 cm³/mol. The van der Waals surface area contributed by atoms with Crippen LogP contribution in [0.3, 0.4) is 0 Å². The fraction of sp³-hybridized carbons (Fsp3) is 0.222. The number of fused-ring (bicyclic) bond motifs is 1. The average molecular weight is 282 g/mol. The van der Waals surface area contributed by atoms with Gasteiger partial charge < -0.3 is 9.88 Å². The zero-order valence-corrected chi connectivity index (χ0v) is 12.1. The molecule has 0 aliphatic heterocycles. The molecule has 0 saturated carbocycles. The van der Waals surface area contributed by atoms with Crippen LogP contribution in [0.5, 0.6) is 0 Å². The van der Waals surface area contributed by atoms with Crippen molar-refractivity contribution in [2.75, 3.05) is 13.6 Å². The van der Waals surface area contributed by atoms with E-state index in [4.69, 9.17) is 0 Å². The quantitative estimate of drug-likeness (QED) is 0.756. The maximum Gasteiger partial charge on any atom is 0.123 e. The molecule has 0 spiro atoms. The molecule has 3 aromatic rings. The summed E-state index contributed by atoms with van der Waals surface area (Å²) in [5.41, 5.74) is 3.51. The van der Waals surface area contributed by atoms with Crippen LogP contribution in [-0.4, -0.2) is 18.2 Å². The Hall–Kier alpha value is -2.13. The summed E-state index contributed by atoms with van der Waals surface area (Å²) in [4.78, 5) is 0. The van der Waals surface area contributed by atoms with Gasteiger partial charge in [0.1, 0.15) is 5.82 Å². The van der Waals surface area contributed by atoms with Gasteiger partial charge in [-0.05, 0) is 49.3 Å². The average Bonchev–Trinajstić information content (AvgIpc) is 2.84. The molecule has 108 valence electrons. The summed E-state index contributed by atoms with van der Waals surface area (Å²) < 4.78 is 15.5. The van der Waals surface area contributed by atoms with Crippen molar-refractivity contribution in [2.45, 2.75) is 13.0 Å². The molecule has 3 rings (SSSR count). The second-order valence-corrected chi connectivity index (χ2v) is 5.28. The normalized spacial score (nSPS) is 11.1. The first-order valence-electron chi connectivity index (χ1n) is 7.24. The molecular weight excluding hydrogens is 263 g/mol. The minimum atomic E-state index is -0.181. The first kappa shape index (κ1) is 13.8. The third-order valence-corrected chi connectivity index (χ3v) is 3.76. The molecule has 1 aromatic heterocycles. The van der Waals surface area contributed by atoms with Gasteiger partial charge in [-0.2, -0.15) is 0 Å². The molecule has 0 aliphatic carbocycles. The molecule has 0 saturated heterocycles. The zero-order valence-electron chi connectivity index (χ0n) is 12.1. The van der Waals surface area contributed by atoms with Crippen LogP contribution in [0.4, 0.5) is 4.39 Å². The van der Waals surface area contributed by atoms with Crippen molar-refractivity contribution in [1.29, 1.82) is 0 Å². The van der Waals surface area contributed by atoms with E-state index in [1.165, 1.54) is 22.5 Å². The number of nitrogens with zero attached hydrogens (tertiary/aromatic N) is 1. The van der Waals surface area contributed by atoms with Gasteiger partial charge in [0.05, 0.1) is 0 Å². The standard InChI is InChI=1S/C18H19FN2/c1-20-10-9-15-13-21(18-8-3-2-7-17(15)18)12-14-5-4-6-16(19)11-14/h2-8,11,13,20H,9-10,12H2,1H3. The fourth-order valence-electron chi connectivity index (χ4n) is 2.74. The smallest absolute Gasteiger partial charge is 0.123 e. The molecule has 0 atom stereocenters. The molecular formula is C18H19FN2. The molecule has 0 bridgehead atoms. The molecule has 2 nitrogen and oxygen atoms in total. The highest BCUT2D eigenvalue weighted by molar-refractivity contribution is 5.84. The zero-order chi connectivity index (χ0) is 14.7. The number of benzene rings is 2. The second-order valence-electron chi connectivity index (χ2n) is 5.28. The predicted octanol–water partition coefficient (Wildman–Crippen LogP) is 3.59. The first-order valence-corrected chi connectivity index (χ1v) is 7.24. The number of nitrogens with one attached hydrogen (secondary N) is 1. The van der Waals surface area contributed by atoms with Crippen molar-refractivity contribution in [1.82, 2.24) is 9.88 Å². The lowest BCUT2D eigenvalue weighted by Crippen LogP contribution is -2.10. The summed E-state index contributed by atoms with van der Waals surface area (Å²) in [7, 11) is 1.96. The highest BCUT2D eigenvalue weighted by Crippen LogP contribution is 2.22. The molecule has 1 heterocycles. The SMILES string of the molecule is CNCCc1cn(Cc2cccc(F)c2)c2ccccc12. The summed E-state index contributed by atoms with van der Waals surface area (Å²) in [5, 5.41) is 4.47. The molecule has 21 heavy (non-hydrogen) atoms. The summed E-state index contributed by atoms with van der Waals surface area (Å²) >= 11 is 0. The van der Waals surface area contributed by atoms with Crippen LogP contribution in [0.1, 0.15) is 11.1 Å². The lowest BCUT2D eigenvalue weighted by Gasteiger charge is -2.05. The maximum absolute atomic E-state index is 13.3. The van der Waals surface area contributed by atoms with E-state index in [9.17, 15) is 4.39 Å². The van der Waals surface area contributed by atoms with Crippen LogP contribution in [0.15, 0.2) is 54.7 Å². The summed E-state index contributed by atoms with van der Waals surface area (Å²) in [6, 6.07) is 15.2. The van der Waals surface area contributed by atoms with Crippen molar-refractivity contribution < 1.29 is 4.39 Å². The van der Waals surface area contributed by atoms with E-state index in [0.29, 0.717) is 6.54 Å². The van der Waals surface area contributed by atoms with E-state index in [2.05, 4.69) is 34.3 Å². The van der Waals surface area contributed by atoms with Crippen molar-refractivity contribution in [3.63, 3.8) is 0 Å². The van der Waals surface area contributed by atoms with E-state index >= 15 is 0 Å². The Morgan fingerprint density at radius 1 is 1.10 bits per heavy atom. The third kappa shape index (κ3) is 2.98. The number of hydrogen-bond acceptors (Lipinski definition) is 1. The Balaban J connectivity index is 1.98. The summed E-state index contributed by atoms with van der Waals surface area (Å²) in [6.07, 6.45) is 3.18. The number of hydrogen-bond donors (Lipinski definition) is 1. The molecule has 0 amide bonds. The molecule has 0 radical (unpaired) electrons. The number of para-hydroxylation sites is 1. The van der Waals surface area contributed by atoms with Crippen LogP contribution in [0, 0.1) is 5.82 Å². The number of likely N-dealkylation sites (N-methyl/N-ethyl adjacent to an activating group) is 1. The van der Waals surface area contributed by atoms with Gasteiger partial charge in [0.2, 0.25) is 0 Å². The van der Waals surface area contributed by atoms with Crippen molar-refractivity contribution in [3.05, 3.63) is 71.7 Å². The molecule has 0 aliphatic rings. The van der Waals surface area contributed by atoms with Crippen LogP contribution >= 0.6 is 0 Å². The second kappa shape index (κ2) is 6.10. The van der Waals surface area contributed by atoms with E-state index in [1.54, 1.807) is 12.1 Å². The van der Waals surface area contributed by atoms with Crippen LogP contribution in [0.2, 0.25) is 0 Å². The van der Waals surface area contributed by atoms with E-state index in [1.807, 2.05) is 19.2 Å². The lowest BCUT2D eigenvalue weighted by molar-refractivity contribution is 0.624. The highest BCUT2D eigenvalue weighted by atomic mass is 19.1. The van der Waals surface area contributed by atoms with E-state index in [0.717, 1.165) is 18.5 Å². The minimum Gasteiger partial charge on any atom is -0.343 e. The Bertz CT molecular complexity index is 746. The summed E-state index contributed by atoms with van der Waals surface area (Å²) in [5.74, 6) is -0.181. The monoisotopic (exact) mass is 282 g/mol. The lowest BCUT2D eigenvalue weighted by atomic mass is 10.1. The van der Waals surface area contributed by atoms with Gasteiger partial charge in [-0.1, -0.05) is 30.3 Å². The van der Waals surface area contributed by atoms with Gasteiger partial charge >= 0.3 is 0 Å². The van der Waals surface area contributed by atoms with Crippen molar-refractivity contribution in [3.8, 4) is 0 Å². The maximum atomic E-state index is 13.3. The number of rotatable bonds is 5. The first-order chi connectivity index (χ1) is 10.3. The van der Waals surface area contributed by atoms with Gasteiger partial charge in [-0.3, -0.25) is 0 Å². The fourth-order valence-corrected chi connectivity index (χ4v) is 2.74. The Kier molecular flexibility index (Phi) is 4.02. The van der Waals surface area contributed by atoms with Crippen molar-refractivity contribution in [2.24, 2.45) is 0 Å². The third-order valence-electron chi connectivity index (χ3n) is 3.76. The largest absolute Gasteiger partial charge is 0.343 e. The molecule has 0 unspecified atom stereocenters. The van der Waals surface area contributed by atoms with Gasteiger partial charge in [-0.15, -0.1) is 0 Å². The van der Waals surface area contributed by atoms with E-state index < -0.39 is 0 Å². The Morgan fingerprint density at radius 3 is 2.76 bits per heavy atom. The molecule has 2 aromatic carbocycles. The molecule has 0 fully saturated rings. The Labute approximate surface area is 124 Å². The van der Waals surface area contributed by atoms with E-state index in [-0.39, 0.29) is 5.82 Å². The number of aromatic nitrogens is 1. The highest BCUT2D eigenvalue weighted by Gasteiger charge is 2.08. The van der Waals surface area contributed by atoms with Gasteiger partial charge in [-0.25, -0.2) is 4.39 Å². The van der Waals surface area contributed by atoms with Crippen LogP contribution in [-0.2, 0) is 13.0 Å². The number of halogens is 1. The van der Waals surface area contributed by atoms with Gasteiger partial charge in [0.15, 0.2) is 0 Å². The van der Waals surface area contributed by atoms with Gasteiger partial charge in [0, 0.05) is 23.6 Å². The van der Waals surface area contributed by atoms with Crippen LogP contribution < -0.4 is 5.32 Å². The Morgan fingerprint density at radius 2 is 1.95 bits per heavy atom. The topological polar surface area (TPSA) is 17.0 Å². The van der Waals surface area contributed by atoms with Crippen LogP contribution in [0.25, 0.3) is 10.9 Å².